The fourth-order valence-electron chi connectivity index (χ4n) is 2.31. The Bertz CT molecular complexity index is 510. The summed E-state index contributed by atoms with van der Waals surface area (Å²) >= 11 is 3.53. The van der Waals surface area contributed by atoms with Crippen molar-refractivity contribution in [3.8, 4) is 0 Å². The first-order valence-electron chi connectivity index (χ1n) is 6.77. The second-order valence-electron chi connectivity index (χ2n) is 4.81. The molecule has 0 bridgehead atoms. The average molecular weight is 318 g/mol. The van der Waals surface area contributed by atoms with E-state index < -0.39 is 0 Å². The van der Waals surface area contributed by atoms with E-state index in [0.717, 1.165) is 10.9 Å². The summed E-state index contributed by atoms with van der Waals surface area (Å²) in [5, 5.41) is 3.71. The van der Waals surface area contributed by atoms with Gasteiger partial charge in [-0.1, -0.05) is 65.3 Å². The molecule has 0 aliphatic heterocycles. The van der Waals surface area contributed by atoms with Gasteiger partial charge >= 0.3 is 0 Å². The van der Waals surface area contributed by atoms with Crippen LogP contribution in [-0.4, -0.2) is 0 Å². The van der Waals surface area contributed by atoms with Crippen molar-refractivity contribution in [3.05, 3.63) is 70.2 Å². The van der Waals surface area contributed by atoms with Crippen molar-refractivity contribution < 1.29 is 0 Å². The molecule has 0 aromatic heterocycles. The Balaban J connectivity index is 2.10. The van der Waals surface area contributed by atoms with Crippen LogP contribution in [0.25, 0.3) is 0 Å². The van der Waals surface area contributed by atoms with E-state index in [2.05, 4.69) is 89.7 Å². The summed E-state index contributed by atoms with van der Waals surface area (Å²) in [6.45, 7) is 4.44. The van der Waals surface area contributed by atoms with Gasteiger partial charge < -0.3 is 5.32 Å². The van der Waals surface area contributed by atoms with Crippen molar-refractivity contribution in [1.82, 2.24) is 5.32 Å². The molecule has 2 heteroatoms. The van der Waals surface area contributed by atoms with Crippen molar-refractivity contribution in [1.29, 1.82) is 0 Å². The highest BCUT2D eigenvalue weighted by atomic mass is 79.9. The molecule has 0 aliphatic rings. The molecule has 1 N–H and O–H groups in total. The van der Waals surface area contributed by atoms with Crippen LogP contribution in [0.15, 0.2) is 59.1 Å². The summed E-state index contributed by atoms with van der Waals surface area (Å²) in [6.07, 6.45) is 1.09. The molecule has 0 amide bonds. The van der Waals surface area contributed by atoms with Crippen molar-refractivity contribution in [2.24, 2.45) is 0 Å². The van der Waals surface area contributed by atoms with Crippen molar-refractivity contribution in [3.63, 3.8) is 0 Å². The van der Waals surface area contributed by atoms with Crippen LogP contribution in [0.4, 0.5) is 0 Å². The Labute approximate surface area is 124 Å². The topological polar surface area (TPSA) is 12.0 Å². The largest absolute Gasteiger partial charge is 0.303 e. The molecule has 0 saturated heterocycles. The molecule has 2 rings (SSSR count). The second-order valence-corrected chi connectivity index (χ2v) is 5.73. The lowest BCUT2D eigenvalue weighted by Gasteiger charge is -2.23. The van der Waals surface area contributed by atoms with Gasteiger partial charge in [0.2, 0.25) is 0 Å². The van der Waals surface area contributed by atoms with Crippen LogP contribution < -0.4 is 5.32 Å². The van der Waals surface area contributed by atoms with Crippen molar-refractivity contribution in [2.75, 3.05) is 0 Å². The Hall–Kier alpha value is -1.12. The van der Waals surface area contributed by atoms with Gasteiger partial charge in [0.15, 0.2) is 0 Å². The highest BCUT2D eigenvalue weighted by molar-refractivity contribution is 9.10. The molecule has 2 aromatic carbocycles. The number of rotatable bonds is 5. The summed E-state index contributed by atoms with van der Waals surface area (Å²) in [7, 11) is 0. The van der Waals surface area contributed by atoms with Crippen LogP contribution in [0, 0.1) is 0 Å². The molecule has 0 heterocycles. The van der Waals surface area contributed by atoms with E-state index in [9.17, 15) is 0 Å². The summed E-state index contributed by atoms with van der Waals surface area (Å²) in [5.41, 5.74) is 2.66. The second kappa shape index (κ2) is 6.88. The zero-order valence-electron chi connectivity index (χ0n) is 11.4. The van der Waals surface area contributed by atoms with Gasteiger partial charge in [0.25, 0.3) is 0 Å². The van der Waals surface area contributed by atoms with Crippen molar-refractivity contribution in [2.45, 2.75) is 32.4 Å². The first-order valence-corrected chi connectivity index (χ1v) is 7.56. The van der Waals surface area contributed by atoms with Gasteiger partial charge in [-0.25, -0.2) is 0 Å². The zero-order valence-corrected chi connectivity index (χ0v) is 13.0. The number of nitrogens with one attached hydrogen (secondary N) is 1. The standard InChI is InChI=1S/C17H20BrN/c1-3-17(14-8-5-4-6-9-14)19-13(2)15-10-7-11-16(18)12-15/h4-13,17,19H,3H2,1-2H3/t13-,17?/m1/s1. The van der Waals surface area contributed by atoms with E-state index in [-0.39, 0.29) is 0 Å². The fourth-order valence-corrected chi connectivity index (χ4v) is 2.73. The van der Waals surface area contributed by atoms with Gasteiger partial charge in [-0.3, -0.25) is 0 Å². The molecule has 2 aromatic rings. The molecule has 0 fully saturated rings. The Morgan fingerprint density at radius 2 is 1.68 bits per heavy atom. The Morgan fingerprint density at radius 3 is 2.32 bits per heavy atom. The normalized spacial score (nSPS) is 14.1. The molecule has 0 spiro atoms. The van der Waals surface area contributed by atoms with E-state index in [1.54, 1.807) is 0 Å². The molecule has 19 heavy (non-hydrogen) atoms. The molecule has 0 radical (unpaired) electrons. The maximum absolute atomic E-state index is 3.71. The first kappa shape index (κ1) is 14.3. The van der Waals surface area contributed by atoms with E-state index in [0.29, 0.717) is 12.1 Å². The summed E-state index contributed by atoms with van der Waals surface area (Å²) in [5.74, 6) is 0. The van der Waals surface area contributed by atoms with Crippen molar-refractivity contribution >= 4 is 15.9 Å². The third-order valence-electron chi connectivity index (χ3n) is 3.41. The minimum Gasteiger partial charge on any atom is -0.303 e. The molecule has 1 unspecified atom stereocenters. The lowest BCUT2D eigenvalue weighted by Crippen LogP contribution is -2.24. The minimum atomic E-state index is 0.336. The monoisotopic (exact) mass is 317 g/mol. The summed E-state index contributed by atoms with van der Waals surface area (Å²) in [6, 6.07) is 19.9. The van der Waals surface area contributed by atoms with Crippen LogP contribution >= 0.6 is 15.9 Å². The lowest BCUT2D eigenvalue weighted by molar-refractivity contribution is 0.456. The van der Waals surface area contributed by atoms with E-state index >= 15 is 0 Å². The van der Waals surface area contributed by atoms with Crippen LogP contribution in [0.1, 0.15) is 43.5 Å². The Morgan fingerprint density at radius 1 is 1.00 bits per heavy atom. The highest BCUT2D eigenvalue weighted by Crippen LogP contribution is 2.23. The minimum absolute atomic E-state index is 0.336. The third-order valence-corrected chi connectivity index (χ3v) is 3.90. The number of hydrogen-bond donors (Lipinski definition) is 1. The molecule has 0 aliphatic carbocycles. The van der Waals surface area contributed by atoms with Gasteiger partial charge in [0.05, 0.1) is 0 Å². The van der Waals surface area contributed by atoms with Crippen LogP contribution in [-0.2, 0) is 0 Å². The van der Waals surface area contributed by atoms with Gasteiger partial charge in [0, 0.05) is 16.6 Å². The van der Waals surface area contributed by atoms with Crippen LogP contribution in [0.5, 0.6) is 0 Å². The highest BCUT2D eigenvalue weighted by Gasteiger charge is 2.13. The van der Waals surface area contributed by atoms with E-state index in [1.807, 2.05) is 0 Å². The predicted octanol–water partition coefficient (Wildman–Crippen LogP) is 5.25. The fraction of sp³-hybridized carbons (Fsp3) is 0.294. The smallest absolute Gasteiger partial charge is 0.0323 e. The number of halogens is 1. The maximum Gasteiger partial charge on any atom is 0.0323 e. The van der Waals surface area contributed by atoms with Crippen LogP contribution in [0.2, 0.25) is 0 Å². The summed E-state index contributed by atoms with van der Waals surface area (Å²) in [4.78, 5) is 0. The van der Waals surface area contributed by atoms with E-state index in [4.69, 9.17) is 0 Å². The van der Waals surface area contributed by atoms with Gasteiger partial charge in [0.1, 0.15) is 0 Å². The third kappa shape index (κ3) is 3.92. The number of benzene rings is 2. The SMILES string of the molecule is CCC(N[C@H](C)c1cccc(Br)c1)c1ccccc1. The summed E-state index contributed by atoms with van der Waals surface area (Å²) < 4.78 is 1.13. The Kier molecular flexibility index (Phi) is 5.17. The number of hydrogen-bond acceptors (Lipinski definition) is 1. The lowest BCUT2D eigenvalue weighted by atomic mass is 10.0. The molecular weight excluding hydrogens is 298 g/mol. The quantitative estimate of drug-likeness (QED) is 0.794. The molecular formula is C17H20BrN. The van der Waals surface area contributed by atoms with Gasteiger partial charge in [-0.15, -0.1) is 0 Å². The molecule has 1 nitrogen and oxygen atoms in total. The predicted molar refractivity (Wildman–Crippen MR) is 85.2 cm³/mol. The molecule has 100 valence electrons. The van der Waals surface area contributed by atoms with Crippen LogP contribution in [0.3, 0.4) is 0 Å². The maximum atomic E-state index is 3.71. The average Bonchev–Trinajstić information content (AvgIpc) is 2.45. The van der Waals surface area contributed by atoms with E-state index in [1.165, 1.54) is 11.1 Å². The molecule has 2 atom stereocenters. The molecule has 0 saturated carbocycles. The zero-order chi connectivity index (χ0) is 13.7. The van der Waals surface area contributed by atoms with Gasteiger partial charge in [-0.05, 0) is 36.6 Å². The first-order chi connectivity index (χ1) is 9.20. The van der Waals surface area contributed by atoms with Gasteiger partial charge in [-0.2, -0.15) is 0 Å².